The van der Waals surface area contributed by atoms with Crippen molar-refractivity contribution < 1.29 is 0 Å². The van der Waals surface area contributed by atoms with Gasteiger partial charge in [0.05, 0.1) is 6.33 Å². The molecule has 0 atom stereocenters. The van der Waals surface area contributed by atoms with E-state index in [0.717, 1.165) is 0 Å². The summed E-state index contributed by atoms with van der Waals surface area (Å²) in [4.78, 5) is 28.6. The van der Waals surface area contributed by atoms with Crippen molar-refractivity contribution in [2.75, 3.05) is 0 Å². The number of imidazole rings is 1. The molecule has 0 unspecified atom stereocenters. The third-order valence-electron chi connectivity index (χ3n) is 2.79. The largest absolute Gasteiger partial charge is 0.328 e. The van der Waals surface area contributed by atoms with Crippen molar-refractivity contribution in [3.8, 4) is 0 Å². The Morgan fingerprint density at radius 3 is 2.29 bits per heavy atom. The van der Waals surface area contributed by atoms with Crippen LogP contribution in [0.15, 0.2) is 15.9 Å². The van der Waals surface area contributed by atoms with Gasteiger partial charge < -0.3 is 4.57 Å². The van der Waals surface area contributed by atoms with E-state index in [2.05, 4.69) is 4.98 Å². The first-order valence-corrected chi connectivity index (χ1v) is 8.83. The number of hydrogen-bond acceptors (Lipinski definition) is 3. The van der Waals surface area contributed by atoms with Crippen LogP contribution in [0.5, 0.6) is 0 Å². The molecular formula is C10H16N4O2Si. The fourth-order valence-corrected chi connectivity index (χ4v) is 3.37. The van der Waals surface area contributed by atoms with Gasteiger partial charge in [0.2, 0.25) is 0 Å². The van der Waals surface area contributed by atoms with E-state index in [0.29, 0.717) is 11.2 Å². The van der Waals surface area contributed by atoms with Gasteiger partial charge in [-0.2, -0.15) is 0 Å². The minimum Gasteiger partial charge on any atom is -0.328 e. The molecule has 0 amide bonds. The van der Waals surface area contributed by atoms with Crippen LogP contribution in [-0.4, -0.2) is 26.6 Å². The Bertz CT molecular complexity index is 702. The molecule has 0 aliphatic heterocycles. The van der Waals surface area contributed by atoms with E-state index in [1.165, 1.54) is 8.80 Å². The molecular weight excluding hydrogens is 236 g/mol. The van der Waals surface area contributed by atoms with E-state index in [1.54, 1.807) is 25.0 Å². The summed E-state index contributed by atoms with van der Waals surface area (Å²) in [6.07, 6.45) is 1.56. The second-order valence-electron chi connectivity index (χ2n) is 5.18. The molecule has 0 saturated carbocycles. The molecule has 0 saturated heterocycles. The first kappa shape index (κ1) is 11.8. The van der Waals surface area contributed by atoms with Crippen LogP contribution in [0.1, 0.15) is 0 Å². The van der Waals surface area contributed by atoms with Gasteiger partial charge in [0.1, 0.15) is 0 Å². The molecule has 0 radical (unpaired) electrons. The van der Waals surface area contributed by atoms with Crippen LogP contribution in [0.2, 0.25) is 19.6 Å². The van der Waals surface area contributed by atoms with Gasteiger partial charge in [-0.25, -0.2) is 9.78 Å². The van der Waals surface area contributed by atoms with Crippen molar-refractivity contribution in [1.82, 2.24) is 18.4 Å². The first-order chi connectivity index (χ1) is 7.75. The van der Waals surface area contributed by atoms with Gasteiger partial charge in [0.25, 0.3) is 5.56 Å². The summed E-state index contributed by atoms with van der Waals surface area (Å²) in [6.45, 7) is 5.91. The Morgan fingerprint density at radius 2 is 1.76 bits per heavy atom. The van der Waals surface area contributed by atoms with Crippen molar-refractivity contribution >= 4 is 19.4 Å². The fourth-order valence-electron chi connectivity index (χ4n) is 1.93. The van der Waals surface area contributed by atoms with Gasteiger partial charge in [0.15, 0.2) is 19.4 Å². The van der Waals surface area contributed by atoms with Crippen LogP contribution >= 0.6 is 0 Å². The number of nitrogens with zero attached hydrogens (tertiary/aromatic N) is 4. The van der Waals surface area contributed by atoms with Gasteiger partial charge in [0, 0.05) is 14.1 Å². The summed E-state index contributed by atoms with van der Waals surface area (Å²) in [7, 11) is 1.37. The van der Waals surface area contributed by atoms with E-state index >= 15 is 0 Å². The van der Waals surface area contributed by atoms with E-state index in [-0.39, 0.29) is 11.2 Å². The van der Waals surface area contributed by atoms with Crippen molar-refractivity contribution in [3.05, 3.63) is 27.2 Å². The highest BCUT2D eigenvalue weighted by Crippen LogP contribution is 2.06. The standard InChI is InChI=1S/C10H16N4O2Si/c1-12-6-11-8-7(12)9(15)14(17(3,4)5)10(16)13(8)2/h6H,1-5H3. The molecule has 2 heterocycles. The zero-order chi connectivity index (χ0) is 13.0. The predicted molar refractivity (Wildman–Crippen MR) is 69.0 cm³/mol. The van der Waals surface area contributed by atoms with E-state index < -0.39 is 8.24 Å². The van der Waals surface area contributed by atoms with Crippen LogP contribution in [0.4, 0.5) is 0 Å². The molecule has 0 spiro atoms. The summed E-state index contributed by atoms with van der Waals surface area (Å²) < 4.78 is 4.50. The molecule has 0 fully saturated rings. The highest BCUT2D eigenvalue weighted by molar-refractivity contribution is 6.74. The van der Waals surface area contributed by atoms with Crippen LogP contribution in [0.3, 0.4) is 0 Å². The minimum absolute atomic E-state index is 0.234. The Balaban J connectivity index is 3.12. The zero-order valence-corrected chi connectivity index (χ0v) is 11.7. The quantitative estimate of drug-likeness (QED) is 0.677. The third kappa shape index (κ3) is 1.57. The smallest absolute Gasteiger partial charge is 0.324 e. The van der Waals surface area contributed by atoms with Crippen LogP contribution in [0, 0.1) is 0 Å². The maximum absolute atomic E-state index is 12.4. The van der Waals surface area contributed by atoms with E-state index in [4.69, 9.17) is 0 Å². The Hall–Kier alpha value is -1.63. The monoisotopic (exact) mass is 252 g/mol. The molecule has 7 heteroatoms. The highest BCUT2D eigenvalue weighted by Gasteiger charge is 2.25. The second-order valence-corrected chi connectivity index (χ2v) is 9.97. The Labute approximate surface area is 99.2 Å². The molecule has 0 bridgehead atoms. The third-order valence-corrected chi connectivity index (χ3v) is 4.53. The molecule has 6 nitrogen and oxygen atoms in total. The number of hydrogen-bond donors (Lipinski definition) is 0. The number of rotatable bonds is 1. The van der Waals surface area contributed by atoms with Crippen molar-refractivity contribution in [1.29, 1.82) is 0 Å². The molecule has 92 valence electrons. The lowest BCUT2D eigenvalue weighted by molar-refractivity contribution is 0.785. The predicted octanol–water partition coefficient (Wildman–Crippen LogP) is 0.117. The summed E-state index contributed by atoms with van der Waals surface area (Å²) in [5.41, 5.74) is 0.411. The number of aromatic nitrogens is 4. The highest BCUT2D eigenvalue weighted by atomic mass is 28.3. The average Bonchev–Trinajstić information content (AvgIpc) is 2.55. The summed E-state index contributed by atoms with van der Waals surface area (Å²) in [5, 5.41) is 0. The van der Waals surface area contributed by atoms with Crippen LogP contribution < -0.4 is 11.2 Å². The van der Waals surface area contributed by atoms with Gasteiger partial charge in [-0.15, -0.1) is 0 Å². The first-order valence-electron chi connectivity index (χ1n) is 5.38. The molecule has 2 aromatic heterocycles. The summed E-state index contributed by atoms with van der Waals surface area (Å²) >= 11 is 0. The van der Waals surface area contributed by atoms with E-state index in [9.17, 15) is 9.59 Å². The molecule has 0 N–H and O–H groups in total. The molecule has 0 aromatic carbocycles. The molecule has 0 aliphatic rings. The van der Waals surface area contributed by atoms with Crippen molar-refractivity contribution in [3.63, 3.8) is 0 Å². The Kier molecular flexibility index (Phi) is 2.39. The number of fused-ring (bicyclic) bond motifs is 1. The maximum atomic E-state index is 12.4. The molecule has 2 rings (SSSR count). The minimum atomic E-state index is -2.04. The van der Waals surface area contributed by atoms with E-state index in [1.807, 2.05) is 19.6 Å². The fraction of sp³-hybridized carbons (Fsp3) is 0.500. The topological polar surface area (TPSA) is 61.8 Å². The zero-order valence-electron chi connectivity index (χ0n) is 10.7. The lowest BCUT2D eigenvalue weighted by atomic mass is 10.5. The molecule has 17 heavy (non-hydrogen) atoms. The summed E-state index contributed by atoms with van der Waals surface area (Å²) in [6, 6.07) is 0. The van der Waals surface area contributed by atoms with Gasteiger partial charge in [-0.1, -0.05) is 19.6 Å². The van der Waals surface area contributed by atoms with Crippen molar-refractivity contribution in [2.45, 2.75) is 19.6 Å². The number of aryl methyl sites for hydroxylation is 2. The van der Waals surface area contributed by atoms with Gasteiger partial charge in [-0.3, -0.25) is 13.6 Å². The Morgan fingerprint density at radius 1 is 1.18 bits per heavy atom. The summed E-state index contributed by atoms with van der Waals surface area (Å²) in [5.74, 6) is 0. The molecule has 0 aliphatic carbocycles. The average molecular weight is 252 g/mol. The molecule has 2 aromatic rings. The normalized spacial score (nSPS) is 12.3. The maximum Gasteiger partial charge on any atom is 0.324 e. The van der Waals surface area contributed by atoms with Crippen molar-refractivity contribution in [2.24, 2.45) is 14.1 Å². The van der Waals surface area contributed by atoms with Crippen LogP contribution in [-0.2, 0) is 14.1 Å². The van der Waals surface area contributed by atoms with Crippen LogP contribution in [0.25, 0.3) is 11.2 Å². The van der Waals surface area contributed by atoms with Gasteiger partial charge in [-0.05, 0) is 0 Å². The second kappa shape index (κ2) is 3.43. The lowest BCUT2D eigenvalue weighted by Crippen LogP contribution is -2.52. The SMILES string of the molecule is Cn1cnc2c1c(=O)n([Si](C)(C)C)c(=O)n2C. The lowest BCUT2D eigenvalue weighted by Gasteiger charge is -2.19. The van der Waals surface area contributed by atoms with Gasteiger partial charge >= 0.3 is 5.69 Å².